The first-order valence-electron chi connectivity index (χ1n) is 9.77. The van der Waals surface area contributed by atoms with Gasteiger partial charge in [-0.2, -0.15) is 0 Å². The first-order chi connectivity index (χ1) is 13.1. The number of carbonyl (C=O) groups excluding carboxylic acids is 2. The molecular formula is C19H19Cl6NO2. The van der Waals surface area contributed by atoms with Crippen molar-refractivity contribution in [2.45, 2.75) is 65.1 Å². The smallest absolute Gasteiger partial charge is 0.233 e. The van der Waals surface area contributed by atoms with Gasteiger partial charge < -0.3 is 0 Å². The van der Waals surface area contributed by atoms with Gasteiger partial charge in [0.2, 0.25) is 11.8 Å². The van der Waals surface area contributed by atoms with Gasteiger partial charge in [0.05, 0.1) is 21.9 Å². The van der Waals surface area contributed by atoms with Gasteiger partial charge in [0.15, 0.2) is 4.33 Å². The normalized spacial score (nSPS) is 47.7. The Kier molecular flexibility index (Phi) is 4.64. The quantitative estimate of drug-likeness (QED) is 0.334. The molecular weight excluding hydrogens is 487 g/mol. The van der Waals surface area contributed by atoms with Crippen LogP contribution in [-0.2, 0) is 9.59 Å². The molecule has 2 amide bonds. The lowest BCUT2D eigenvalue weighted by Crippen LogP contribution is -2.45. The molecule has 1 saturated heterocycles. The summed E-state index contributed by atoms with van der Waals surface area (Å²) in [6.45, 7) is 0. The molecule has 9 heteroatoms. The highest BCUT2D eigenvalue weighted by atomic mass is 35.5. The second-order valence-electron chi connectivity index (χ2n) is 8.86. The summed E-state index contributed by atoms with van der Waals surface area (Å²) >= 11 is 40.1. The summed E-state index contributed by atoms with van der Waals surface area (Å²) in [5.41, 5.74) is 0. The summed E-state index contributed by atoms with van der Waals surface area (Å²) in [6.07, 6.45) is 5.81. The van der Waals surface area contributed by atoms with Gasteiger partial charge in [-0.25, -0.2) is 0 Å². The summed E-state index contributed by atoms with van der Waals surface area (Å²) in [6, 6.07) is 0.0104. The van der Waals surface area contributed by atoms with Gasteiger partial charge in [0, 0.05) is 6.04 Å². The van der Waals surface area contributed by atoms with E-state index in [1.165, 1.54) is 4.90 Å². The molecule has 0 N–H and O–H groups in total. The van der Waals surface area contributed by atoms with E-state index in [4.69, 9.17) is 69.6 Å². The number of hydrogen-bond donors (Lipinski definition) is 0. The van der Waals surface area contributed by atoms with Crippen molar-refractivity contribution >= 4 is 81.4 Å². The van der Waals surface area contributed by atoms with Crippen LogP contribution in [0.2, 0.25) is 0 Å². The highest BCUT2D eigenvalue weighted by Gasteiger charge is 2.83. The summed E-state index contributed by atoms with van der Waals surface area (Å²) in [4.78, 5) is 25.3. The van der Waals surface area contributed by atoms with E-state index in [0.29, 0.717) is 12.8 Å². The predicted octanol–water partition coefficient (Wildman–Crippen LogP) is 5.79. The van der Waals surface area contributed by atoms with Crippen LogP contribution in [0.15, 0.2) is 10.1 Å². The molecule has 0 radical (unpaired) electrons. The van der Waals surface area contributed by atoms with E-state index in [1.54, 1.807) is 0 Å². The second-order valence-corrected chi connectivity index (χ2v) is 12.1. The van der Waals surface area contributed by atoms with Crippen molar-refractivity contribution in [1.82, 2.24) is 4.90 Å². The molecule has 2 bridgehead atoms. The van der Waals surface area contributed by atoms with Crippen LogP contribution in [0.3, 0.4) is 0 Å². The Hall–Kier alpha value is 0.620. The topological polar surface area (TPSA) is 37.4 Å². The summed E-state index contributed by atoms with van der Waals surface area (Å²) in [5, 5.41) is 0.327. The average molecular weight is 506 g/mol. The molecule has 4 aliphatic carbocycles. The highest BCUT2D eigenvalue weighted by molar-refractivity contribution is 6.65. The number of hydrogen-bond acceptors (Lipinski definition) is 2. The van der Waals surface area contributed by atoms with E-state index in [0.717, 1.165) is 32.1 Å². The molecule has 0 aromatic rings. The molecule has 6 unspecified atom stereocenters. The van der Waals surface area contributed by atoms with Crippen molar-refractivity contribution in [3.05, 3.63) is 10.1 Å². The Morgan fingerprint density at radius 2 is 1.18 bits per heavy atom. The molecule has 1 aliphatic heterocycles. The van der Waals surface area contributed by atoms with Crippen LogP contribution in [0.5, 0.6) is 0 Å². The minimum Gasteiger partial charge on any atom is -0.279 e. The fraction of sp³-hybridized carbons (Fsp3) is 0.789. The number of rotatable bonds is 1. The van der Waals surface area contributed by atoms with E-state index in [1.807, 2.05) is 0 Å². The molecule has 3 nitrogen and oxygen atoms in total. The van der Waals surface area contributed by atoms with Crippen LogP contribution in [0, 0.1) is 23.7 Å². The molecule has 4 fully saturated rings. The van der Waals surface area contributed by atoms with Gasteiger partial charge in [-0.1, -0.05) is 65.7 Å². The minimum atomic E-state index is -1.61. The molecule has 3 saturated carbocycles. The molecule has 5 aliphatic rings. The average Bonchev–Trinajstić information content (AvgIpc) is 3.04. The summed E-state index contributed by atoms with van der Waals surface area (Å²) in [5.74, 6) is -1.65. The van der Waals surface area contributed by atoms with Crippen molar-refractivity contribution in [2.24, 2.45) is 23.7 Å². The number of carbonyl (C=O) groups is 2. The van der Waals surface area contributed by atoms with Crippen molar-refractivity contribution in [1.29, 1.82) is 0 Å². The van der Waals surface area contributed by atoms with E-state index in [-0.39, 0.29) is 39.8 Å². The van der Waals surface area contributed by atoms with E-state index < -0.39 is 25.9 Å². The van der Waals surface area contributed by atoms with Crippen LogP contribution in [-0.4, -0.2) is 36.8 Å². The van der Waals surface area contributed by atoms with Crippen LogP contribution < -0.4 is 0 Å². The number of likely N-dealkylation sites (tertiary alicyclic amines) is 1. The SMILES string of the molecule is O=C1C2CC3C(CC2C(=O)N1C1CCCCC1)C1(Cl)C(Cl)=C(Cl)C3(Cl)C1(Cl)Cl. The van der Waals surface area contributed by atoms with E-state index in [2.05, 4.69) is 0 Å². The molecule has 154 valence electrons. The van der Waals surface area contributed by atoms with Gasteiger partial charge in [0.25, 0.3) is 0 Å². The molecule has 0 spiro atoms. The lowest BCUT2D eigenvalue weighted by atomic mass is 9.65. The third kappa shape index (κ3) is 2.13. The van der Waals surface area contributed by atoms with E-state index in [9.17, 15) is 9.59 Å². The minimum absolute atomic E-state index is 0.0104. The van der Waals surface area contributed by atoms with Gasteiger partial charge in [-0.15, -0.1) is 23.2 Å². The second kappa shape index (κ2) is 6.33. The predicted molar refractivity (Wildman–Crippen MR) is 112 cm³/mol. The zero-order chi connectivity index (χ0) is 20.2. The fourth-order valence-corrected chi connectivity index (χ4v) is 9.55. The van der Waals surface area contributed by atoms with Crippen LogP contribution in [0.25, 0.3) is 0 Å². The third-order valence-corrected chi connectivity index (χ3v) is 12.2. The van der Waals surface area contributed by atoms with Crippen LogP contribution >= 0.6 is 69.6 Å². The number of nitrogens with zero attached hydrogens (tertiary/aromatic N) is 1. The maximum Gasteiger partial charge on any atom is 0.233 e. The molecule has 1 heterocycles. The lowest BCUT2D eigenvalue weighted by molar-refractivity contribution is -0.143. The van der Waals surface area contributed by atoms with Gasteiger partial charge >= 0.3 is 0 Å². The highest BCUT2D eigenvalue weighted by Crippen LogP contribution is 2.79. The molecule has 28 heavy (non-hydrogen) atoms. The number of halogens is 6. The lowest BCUT2D eigenvalue weighted by Gasteiger charge is -2.42. The summed E-state index contributed by atoms with van der Waals surface area (Å²) < 4.78 is -1.61. The monoisotopic (exact) mass is 503 g/mol. The Bertz CT molecular complexity index is 754. The maximum atomic E-state index is 13.2. The van der Waals surface area contributed by atoms with Gasteiger partial charge in [0.1, 0.15) is 9.75 Å². The van der Waals surface area contributed by atoms with Crippen LogP contribution in [0.1, 0.15) is 44.9 Å². The molecule has 0 aromatic heterocycles. The van der Waals surface area contributed by atoms with Crippen molar-refractivity contribution < 1.29 is 9.59 Å². The first kappa shape index (κ1) is 20.5. The standard InChI is InChI=1S/C19H19Cl6NO2/c20-13-14(21)18(23)12-7-10-9(6-11(12)17(13,22)19(18,24)25)15(27)26(16(10)28)8-4-2-1-3-5-8/h8-12H,1-7H2. The Morgan fingerprint density at radius 3 is 1.61 bits per heavy atom. The van der Waals surface area contributed by atoms with Crippen molar-refractivity contribution in [2.75, 3.05) is 0 Å². The molecule has 0 aromatic carbocycles. The van der Waals surface area contributed by atoms with Gasteiger partial charge in [-0.05, 0) is 37.5 Å². The number of allylic oxidation sites excluding steroid dienone is 2. The summed E-state index contributed by atoms with van der Waals surface area (Å²) in [7, 11) is 0. The number of amides is 2. The first-order valence-corrected chi connectivity index (χ1v) is 12.0. The van der Waals surface area contributed by atoms with Crippen molar-refractivity contribution in [3.8, 4) is 0 Å². The Labute approximate surface area is 193 Å². The third-order valence-electron chi connectivity index (χ3n) is 7.80. The number of imide groups is 1. The van der Waals surface area contributed by atoms with E-state index >= 15 is 0 Å². The fourth-order valence-electron chi connectivity index (χ4n) is 6.45. The van der Waals surface area contributed by atoms with Crippen molar-refractivity contribution in [3.63, 3.8) is 0 Å². The zero-order valence-electron chi connectivity index (χ0n) is 14.9. The zero-order valence-corrected chi connectivity index (χ0v) is 19.4. The Balaban J connectivity index is 1.52. The van der Waals surface area contributed by atoms with Crippen LogP contribution in [0.4, 0.5) is 0 Å². The number of fused-ring (bicyclic) bond motifs is 6. The largest absolute Gasteiger partial charge is 0.279 e. The van der Waals surface area contributed by atoms with Gasteiger partial charge in [-0.3, -0.25) is 14.5 Å². The maximum absolute atomic E-state index is 13.2. The number of alkyl halides is 4. The molecule has 5 rings (SSSR count). The molecule has 6 atom stereocenters. The Morgan fingerprint density at radius 1 is 0.750 bits per heavy atom.